The maximum atomic E-state index is 9.43. The molecule has 0 saturated heterocycles. The predicted octanol–water partition coefficient (Wildman–Crippen LogP) is 0.507. The molecule has 0 aromatic rings. The molecule has 0 heterocycles. The van der Waals surface area contributed by atoms with Gasteiger partial charge in [-0.1, -0.05) is 5.16 Å². The fraction of sp³-hybridized carbons (Fsp3) is 0.600. The van der Waals surface area contributed by atoms with Crippen LogP contribution in [0.5, 0.6) is 0 Å². The average molecular weight is 114 g/mol. The summed E-state index contributed by atoms with van der Waals surface area (Å²) in [5, 5.41) is 3.24. The summed E-state index contributed by atoms with van der Waals surface area (Å²) in [5.41, 5.74) is 0. The molecule has 0 fully saturated rings. The van der Waals surface area contributed by atoms with Gasteiger partial charge in [0.05, 0.1) is 0 Å². The molecule has 0 rings (SSSR count). The lowest BCUT2D eigenvalue weighted by Crippen LogP contribution is -1.95. The number of nitrogens with zero attached hydrogens (tertiary/aromatic N) is 1. The Hall–Kier alpha value is -0.860. The molecule has 0 aliphatic heterocycles. The summed E-state index contributed by atoms with van der Waals surface area (Å²) in [7, 11) is 0. The minimum Gasteiger partial charge on any atom is -0.393 e. The van der Waals surface area contributed by atoms with E-state index >= 15 is 0 Å². The van der Waals surface area contributed by atoms with Crippen molar-refractivity contribution in [2.75, 3.05) is 0 Å². The van der Waals surface area contributed by atoms with Crippen molar-refractivity contribution in [2.24, 2.45) is 5.16 Å². The Morgan fingerprint density at radius 2 is 2.38 bits per heavy atom. The van der Waals surface area contributed by atoms with Crippen molar-refractivity contribution in [3.8, 4) is 0 Å². The smallest absolute Gasteiger partial charge is 0.248 e. The van der Waals surface area contributed by atoms with Gasteiger partial charge in [-0.05, 0) is 13.8 Å². The predicted molar refractivity (Wildman–Crippen MR) is 30.4 cm³/mol. The average Bonchev–Trinajstić information content (AvgIpc) is 1.66. The van der Waals surface area contributed by atoms with Crippen molar-refractivity contribution < 1.29 is 9.63 Å². The third-order valence-electron chi connectivity index (χ3n) is 0.377. The highest BCUT2D eigenvalue weighted by atomic mass is 16.6. The van der Waals surface area contributed by atoms with Gasteiger partial charge in [-0.25, -0.2) is 0 Å². The van der Waals surface area contributed by atoms with E-state index in [0.717, 1.165) is 6.21 Å². The minimum atomic E-state index is 0.0274. The van der Waals surface area contributed by atoms with Gasteiger partial charge in [-0.15, -0.1) is 0 Å². The highest BCUT2D eigenvalue weighted by molar-refractivity contribution is 6.13. The Morgan fingerprint density at radius 1 is 1.75 bits per heavy atom. The van der Waals surface area contributed by atoms with Crippen LogP contribution in [-0.4, -0.2) is 18.6 Å². The van der Waals surface area contributed by atoms with Crippen molar-refractivity contribution >= 4 is 12.5 Å². The summed E-state index contributed by atoms with van der Waals surface area (Å²) in [5.74, 6) is 0. The number of hydrogen-bond donors (Lipinski definition) is 0. The standard InChI is InChI=1S/C5H8NO2/c1-5(2)8-6-3-4-7/h3,5H,1-2H3/b6-3-. The van der Waals surface area contributed by atoms with Crippen molar-refractivity contribution in [2.45, 2.75) is 20.0 Å². The van der Waals surface area contributed by atoms with Gasteiger partial charge in [0, 0.05) is 0 Å². The molecule has 45 valence electrons. The van der Waals surface area contributed by atoms with E-state index < -0.39 is 0 Å². The monoisotopic (exact) mass is 114 g/mol. The first kappa shape index (κ1) is 7.14. The lowest BCUT2D eigenvalue weighted by molar-refractivity contribution is 0.0876. The van der Waals surface area contributed by atoms with Crippen molar-refractivity contribution in [3.63, 3.8) is 0 Å². The first-order valence-corrected chi connectivity index (χ1v) is 2.32. The van der Waals surface area contributed by atoms with Crippen LogP contribution in [0.4, 0.5) is 0 Å². The number of oxime groups is 1. The molecule has 0 N–H and O–H groups in total. The zero-order valence-electron chi connectivity index (χ0n) is 4.92. The summed E-state index contributed by atoms with van der Waals surface area (Å²) in [6.07, 6.45) is 2.43. The Bertz CT molecular complexity index is 88.4. The van der Waals surface area contributed by atoms with E-state index in [-0.39, 0.29) is 6.10 Å². The Balaban J connectivity index is 3.15. The molecule has 0 aliphatic carbocycles. The topological polar surface area (TPSA) is 38.7 Å². The van der Waals surface area contributed by atoms with Gasteiger partial charge in [0.25, 0.3) is 0 Å². The summed E-state index contributed by atoms with van der Waals surface area (Å²) < 4.78 is 0. The van der Waals surface area contributed by atoms with Gasteiger partial charge in [-0.3, -0.25) is 4.79 Å². The Kier molecular flexibility index (Phi) is 3.84. The Morgan fingerprint density at radius 3 is 2.75 bits per heavy atom. The fourth-order valence-electron chi connectivity index (χ4n) is 0.174. The zero-order valence-corrected chi connectivity index (χ0v) is 4.92. The van der Waals surface area contributed by atoms with E-state index in [1.54, 1.807) is 0 Å². The fourth-order valence-corrected chi connectivity index (χ4v) is 0.174. The van der Waals surface area contributed by atoms with Crippen LogP contribution in [0.25, 0.3) is 0 Å². The first-order valence-electron chi connectivity index (χ1n) is 2.32. The van der Waals surface area contributed by atoms with Crippen LogP contribution in [0.1, 0.15) is 13.8 Å². The van der Waals surface area contributed by atoms with Crippen LogP contribution < -0.4 is 0 Å². The van der Waals surface area contributed by atoms with E-state index in [4.69, 9.17) is 0 Å². The SMILES string of the molecule is CC(C)O/N=C\[C]=O. The molecule has 8 heavy (non-hydrogen) atoms. The summed E-state index contributed by atoms with van der Waals surface area (Å²) in [4.78, 5) is 14.0. The van der Waals surface area contributed by atoms with Gasteiger partial charge in [-0.2, -0.15) is 0 Å². The molecule has 0 amide bonds. The highest BCUT2D eigenvalue weighted by Gasteiger charge is 1.85. The molecule has 0 unspecified atom stereocenters. The normalized spacial score (nSPS) is 10.4. The first-order chi connectivity index (χ1) is 3.77. The molecule has 1 radical (unpaired) electrons. The van der Waals surface area contributed by atoms with Gasteiger partial charge in [0.15, 0.2) is 0 Å². The Labute approximate surface area is 48.3 Å². The molecule has 0 atom stereocenters. The quantitative estimate of drug-likeness (QED) is 0.396. The molecule has 3 heteroatoms. The third-order valence-corrected chi connectivity index (χ3v) is 0.377. The molecular formula is C5H8NO2. The second-order valence-electron chi connectivity index (χ2n) is 1.51. The molecule has 3 nitrogen and oxygen atoms in total. The number of hydrogen-bond acceptors (Lipinski definition) is 3. The second kappa shape index (κ2) is 4.30. The van der Waals surface area contributed by atoms with Crippen molar-refractivity contribution in [1.29, 1.82) is 0 Å². The van der Waals surface area contributed by atoms with Crippen LogP contribution in [0, 0.1) is 0 Å². The molecule has 0 aromatic carbocycles. The van der Waals surface area contributed by atoms with Crippen molar-refractivity contribution in [1.82, 2.24) is 0 Å². The molecule has 0 spiro atoms. The number of carbonyl (C=O) groups excluding carboxylic acids is 1. The molecule has 0 saturated carbocycles. The molecule has 0 aliphatic rings. The third kappa shape index (κ3) is 5.14. The van der Waals surface area contributed by atoms with Crippen LogP contribution in [-0.2, 0) is 9.63 Å². The van der Waals surface area contributed by atoms with E-state index in [1.165, 1.54) is 6.29 Å². The van der Waals surface area contributed by atoms with Gasteiger partial charge < -0.3 is 4.84 Å². The largest absolute Gasteiger partial charge is 0.393 e. The lowest BCUT2D eigenvalue weighted by atomic mass is 10.5. The minimum absolute atomic E-state index is 0.0274. The second-order valence-corrected chi connectivity index (χ2v) is 1.51. The van der Waals surface area contributed by atoms with E-state index in [9.17, 15) is 4.79 Å². The highest BCUT2D eigenvalue weighted by Crippen LogP contribution is 1.84. The van der Waals surface area contributed by atoms with Crippen LogP contribution in [0.3, 0.4) is 0 Å². The maximum Gasteiger partial charge on any atom is 0.248 e. The van der Waals surface area contributed by atoms with Crippen LogP contribution >= 0.6 is 0 Å². The van der Waals surface area contributed by atoms with E-state index in [0.29, 0.717) is 0 Å². The lowest BCUT2D eigenvalue weighted by Gasteiger charge is -1.97. The summed E-state index contributed by atoms with van der Waals surface area (Å²) in [6.45, 7) is 3.64. The summed E-state index contributed by atoms with van der Waals surface area (Å²) >= 11 is 0. The van der Waals surface area contributed by atoms with Crippen LogP contribution in [0.2, 0.25) is 0 Å². The maximum absolute atomic E-state index is 9.43. The van der Waals surface area contributed by atoms with Crippen LogP contribution in [0.15, 0.2) is 5.16 Å². The van der Waals surface area contributed by atoms with Gasteiger partial charge in [0.2, 0.25) is 6.29 Å². The molecular weight excluding hydrogens is 106 g/mol. The van der Waals surface area contributed by atoms with E-state index in [2.05, 4.69) is 9.99 Å². The number of rotatable bonds is 3. The molecule has 0 bridgehead atoms. The van der Waals surface area contributed by atoms with Crippen molar-refractivity contribution in [3.05, 3.63) is 0 Å². The zero-order chi connectivity index (χ0) is 6.41. The van der Waals surface area contributed by atoms with Gasteiger partial charge >= 0.3 is 0 Å². The van der Waals surface area contributed by atoms with Gasteiger partial charge in [0.1, 0.15) is 12.3 Å². The molecule has 0 aromatic heterocycles. The summed E-state index contributed by atoms with van der Waals surface area (Å²) in [6, 6.07) is 0. The van der Waals surface area contributed by atoms with E-state index in [1.807, 2.05) is 13.8 Å².